The summed E-state index contributed by atoms with van der Waals surface area (Å²) in [6, 6.07) is 9.22. The number of pyridine rings is 1. The Bertz CT molecular complexity index is 1540. The van der Waals surface area contributed by atoms with Crippen molar-refractivity contribution in [1.29, 1.82) is 0 Å². The summed E-state index contributed by atoms with van der Waals surface area (Å²) < 4.78 is 24.6. The van der Waals surface area contributed by atoms with Gasteiger partial charge in [-0.15, -0.1) is 10.2 Å². The Morgan fingerprint density at radius 1 is 1.24 bits per heavy atom. The minimum absolute atomic E-state index is 0.158. The van der Waals surface area contributed by atoms with Crippen LogP contribution in [0.5, 0.6) is 5.75 Å². The zero-order valence-electron chi connectivity index (χ0n) is 18.4. The van der Waals surface area contributed by atoms with Crippen LogP contribution in [0.25, 0.3) is 17.0 Å². The van der Waals surface area contributed by atoms with E-state index in [2.05, 4.69) is 33.1 Å². The predicted octanol–water partition coefficient (Wildman–Crippen LogP) is 3.28. The van der Waals surface area contributed by atoms with Gasteiger partial charge in [-0.2, -0.15) is 0 Å². The largest absolute Gasteiger partial charge is 0.493 e. The molecule has 3 aromatic heterocycles. The van der Waals surface area contributed by atoms with Crippen molar-refractivity contribution in [3.8, 4) is 17.1 Å². The number of hydrogen-bond acceptors (Lipinski definition) is 6. The fraction of sp³-hybridized carbons (Fsp3) is 0.200. The Balaban J connectivity index is 1.48. The summed E-state index contributed by atoms with van der Waals surface area (Å²) >= 11 is 0. The smallest absolute Gasteiger partial charge is 0.171 e. The third-order valence-electron chi connectivity index (χ3n) is 6.71. The fourth-order valence-corrected chi connectivity index (χ4v) is 5.13. The third kappa shape index (κ3) is 2.63. The van der Waals surface area contributed by atoms with Gasteiger partial charge in [0.2, 0.25) is 0 Å². The second-order valence-electron chi connectivity index (χ2n) is 8.56. The van der Waals surface area contributed by atoms with Gasteiger partial charge >= 0.3 is 0 Å². The molecule has 34 heavy (non-hydrogen) atoms. The highest BCUT2D eigenvalue weighted by Gasteiger charge is 2.31. The number of hydrogen-bond donors (Lipinski definition) is 1. The van der Waals surface area contributed by atoms with E-state index in [0.717, 1.165) is 39.4 Å². The number of ether oxygens (including phenoxy) is 1. The van der Waals surface area contributed by atoms with Crippen LogP contribution in [0.1, 0.15) is 33.8 Å². The van der Waals surface area contributed by atoms with E-state index in [9.17, 15) is 4.39 Å². The second kappa shape index (κ2) is 7.11. The van der Waals surface area contributed by atoms with Crippen molar-refractivity contribution < 1.29 is 9.13 Å². The minimum Gasteiger partial charge on any atom is -0.493 e. The SMILES string of the molecule is Cc1cc2c3n1CNC=C3c1cccnc1C(=NCc1c(F)ccc3c1CCO3)n1cnnc1-2. The molecule has 3 aliphatic heterocycles. The van der Waals surface area contributed by atoms with Gasteiger partial charge in [0.05, 0.1) is 25.5 Å². The van der Waals surface area contributed by atoms with Gasteiger partial charge in [0.1, 0.15) is 23.6 Å². The van der Waals surface area contributed by atoms with Crippen molar-refractivity contribution >= 4 is 11.4 Å². The average molecular weight is 453 g/mol. The first-order chi connectivity index (χ1) is 16.7. The van der Waals surface area contributed by atoms with Crippen molar-refractivity contribution in [2.24, 2.45) is 4.99 Å². The molecule has 6 heterocycles. The van der Waals surface area contributed by atoms with Gasteiger partial charge in [-0.3, -0.25) is 14.5 Å². The second-order valence-corrected chi connectivity index (χ2v) is 8.56. The molecule has 0 unspecified atom stereocenters. The van der Waals surface area contributed by atoms with Crippen LogP contribution in [0.4, 0.5) is 4.39 Å². The van der Waals surface area contributed by atoms with Crippen LogP contribution in [-0.2, 0) is 19.6 Å². The quantitative estimate of drug-likeness (QED) is 0.444. The van der Waals surface area contributed by atoms with Gasteiger partial charge in [0.25, 0.3) is 0 Å². The highest BCUT2D eigenvalue weighted by atomic mass is 19.1. The lowest BCUT2D eigenvalue weighted by Gasteiger charge is -2.25. The van der Waals surface area contributed by atoms with E-state index in [4.69, 9.17) is 14.7 Å². The highest BCUT2D eigenvalue weighted by molar-refractivity contribution is 6.07. The minimum atomic E-state index is -0.279. The lowest BCUT2D eigenvalue weighted by Crippen LogP contribution is -2.25. The van der Waals surface area contributed by atoms with Crippen molar-refractivity contribution in [2.45, 2.75) is 26.6 Å². The molecule has 0 spiro atoms. The summed E-state index contributed by atoms with van der Waals surface area (Å²) in [4.78, 5) is 9.64. The molecular weight excluding hydrogens is 433 g/mol. The number of aromatic nitrogens is 5. The number of aryl methyl sites for hydroxylation is 1. The summed E-state index contributed by atoms with van der Waals surface area (Å²) in [6.45, 7) is 3.47. The maximum atomic E-state index is 14.9. The van der Waals surface area contributed by atoms with Crippen molar-refractivity contribution in [2.75, 3.05) is 6.61 Å². The fourth-order valence-electron chi connectivity index (χ4n) is 5.13. The van der Waals surface area contributed by atoms with Gasteiger partial charge in [0, 0.05) is 52.3 Å². The summed E-state index contributed by atoms with van der Waals surface area (Å²) in [5.74, 6) is 1.72. The summed E-state index contributed by atoms with van der Waals surface area (Å²) in [6.07, 6.45) is 6.09. The number of halogens is 1. The molecule has 0 saturated carbocycles. The van der Waals surface area contributed by atoms with Gasteiger partial charge in [-0.05, 0) is 31.2 Å². The molecule has 7 rings (SSSR count). The van der Waals surface area contributed by atoms with Crippen LogP contribution >= 0.6 is 0 Å². The first-order valence-electron chi connectivity index (χ1n) is 11.2. The van der Waals surface area contributed by atoms with Crippen molar-refractivity contribution in [3.05, 3.63) is 88.6 Å². The van der Waals surface area contributed by atoms with E-state index < -0.39 is 0 Å². The molecule has 3 aliphatic rings. The summed E-state index contributed by atoms with van der Waals surface area (Å²) in [7, 11) is 0. The number of benzene rings is 1. The third-order valence-corrected chi connectivity index (χ3v) is 6.71. The van der Waals surface area contributed by atoms with Crippen LogP contribution in [0, 0.1) is 12.7 Å². The molecule has 9 heteroatoms. The molecule has 1 aromatic carbocycles. The van der Waals surface area contributed by atoms with E-state index in [1.54, 1.807) is 18.6 Å². The molecule has 0 radical (unpaired) electrons. The molecule has 0 aliphatic carbocycles. The van der Waals surface area contributed by atoms with E-state index in [-0.39, 0.29) is 12.4 Å². The standard InChI is InChI=1S/C25H20FN7O/c1-14-9-17-23-19(10-27-12-32(14)23)16-3-2-7-28-22(16)25(33-13-30-31-24(17)33)29-11-18-15-6-8-34-21(15)5-4-20(18)26/h2-5,7,9-10,13,27H,6,8,11-12H2,1H3. The molecule has 0 fully saturated rings. The first-order valence-corrected chi connectivity index (χ1v) is 11.2. The van der Waals surface area contributed by atoms with Crippen molar-refractivity contribution in [1.82, 2.24) is 29.6 Å². The summed E-state index contributed by atoms with van der Waals surface area (Å²) in [5, 5.41) is 12.0. The van der Waals surface area contributed by atoms with Gasteiger partial charge in [0.15, 0.2) is 11.7 Å². The van der Waals surface area contributed by atoms with Crippen LogP contribution < -0.4 is 10.1 Å². The Morgan fingerprint density at radius 2 is 2.18 bits per heavy atom. The lowest BCUT2D eigenvalue weighted by molar-refractivity contribution is 0.356. The van der Waals surface area contributed by atoms with E-state index in [0.29, 0.717) is 42.6 Å². The lowest BCUT2D eigenvalue weighted by atomic mass is 9.96. The topological polar surface area (TPSA) is 82.1 Å². The summed E-state index contributed by atoms with van der Waals surface area (Å²) in [5.41, 5.74) is 7.25. The molecule has 0 saturated heterocycles. The van der Waals surface area contributed by atoms with E-state index >= 15 is 0 Å². The predicted molar refractivity (Wildman–Crippen MR) is 124 cm³/mol. The molecule has 4 aromatic rings. The monoisotopic (exact) mass is 453 g/mol. The van der Waals surface area contributed by atoms with Crippen LogP contribution in [0.15, 0.2) is 54.0 Å². The van der Waals surface area contributed by atoms with E-state index in [1.165, 1.54) is 6.07 Å². The Hall–Kier alpha value is -4.27. The maximum Gasteiger partial charge on any atom is 0.171 e. The average Bonchev–Trinajstić information content (AvgIpc) is 3.59. The molecule has 0 amide bonds. The Kier molecular flexibility index (Phi) is 4.02. The van der Waals surface area contributed by atoms with Crippen LogP contribution in [0.3, 0.4) is 0 Å². The molecular formula is C25H20FN7O. The van der Waals surface area contributed by atoms with Crippen molar-refractivity contribution in [3.63, 3.8) is 0 Å². The Labute approximate surface area is 194 Å². The molecule has 168 valence electrons. The Morgan fingerprint density at radius 3 is 3.12 bits per heavy atom. The highest BCUT2D eigenvalue weighted by Crippen LogP contribution is 2.39. The van der Waals surface area contributed by atoms with Gasteiger partial charge in [-0.25, -0.2) is 4.39 Å². The number of nitrogens with zero attached hydrogens (tertiary/aromatic N) is 6. The van der Waals surface area contributed by atoms with Crippen LogP contribution in [-0.4, -0.2) is 36.8 Å². The zero-order chi connectivity index (χ0) is 22.8. The number of aliphatic imine (C=N–C) groups is 1. The van der Waals surface area contributed by atoms with Gasteiger partial charge in [-0.1, -0.05) is 6.07 Å². The molecule has 1 N–H and O–H groups in total. The number of fused-ring (bicyclic) bond motifs is 5. The normalized spacial score (nSPS) is 16.4. The first kappa shape index (κ1) is 19.2. The maximum absolute atomic E-state index is 14.9. The molecule has 0 atom stereocenters. The van der Waals surface area contributed by atoms with Crippen LogP contribution in [0.2, 0.25) is 0 Å². The molecule has 8 nitrogen and oxygen atoms in total. The number of nitrogens with one attached hydrogen (secondary N) is 1. The van der Waals surface area contributed by atoms with E-state index in [1.807, 2.05) is 22.9 Å². The number of rotatable bonds is 2. The molecule has 0 bridgehead atoms. The zero-order valence-corrected chi connectivity index (χ0v) is 18.4. The van der Waals surface area contributed by atoms with Gasteiger partial charge < -0.3 is 14.6 Å².